The molecule has 0 aliphatic carbocycles. The minimum atomic E-state index is -0.245. The zero-order valence-corrected chi connectivity index (χ0v) is 8.10. The van der Waals surface area contributed by atoms with Crippen molar-refractivity contribution in [1.82, 2.24) is 0 Å². The van der Waals surface area contributed by atoms with Gasteiger partial charge in [0, 0.05) is 5.02 Å². The summed E-state index contributed by atoms with van der Waals surface area (Å²) >= 11 is 5.85. The molecule has 0 saturated heterocycles. The van der Waals surface area contributed by atoms with E-state index in [9.17, 15) is 0 Å². The summed E-state index contributed by atoms with van der Waals surface area (Å²) in [5.74, 6) is 0. The molecule has 1 nitrogen and oxygen atoms in total. The smallest absolute Gasteiger partial charge is 0.0793 e. The molecule has 0 unspecified atom stereocenters. The highest BCUT2D eigenvalue weighted by molar-refractivity contribution is 6.30. The fourth-order valence-electron chi connectivity index (χ4n) is 0.960. The fraction of sp³-hybridized carbons (Fsp3) is 0.300. The molecule has 1 aromatic carbocycles. The van der Waals surface area contributed by atoms with Crippen LogP contribution in [-0.4, -0.2) is 6.72 Å². The largest absolute Gasteiger partial charge is 0.290 e. The van der Waals surface area contributed by atoms with E-state index >= 15 is 0 Å². The van der Waals surface area contributed by atoms with Crippen molar-refractivity contribution in [2.75, 3.05) is 0 Å². The van der Waals surface area contributed by atoms with Crippen LogP contribution >= 0.6 is 11.6 Å². The highest BCUT2D eigenvalue weighted by atomic mass is 35.5. The number of rotatable bonds is 2. The second-order valence-corrected chi connectivity index (χ2v) is 3.66. The molecule has 0 radical (unpaired) electrons. The summed E-state index contributed by atoms with van der Waals surface area (Å²) in [6.45, 7) is 7.56. The van der Waals surface area contributed by atoms with Gasteiger partial charge in [-0.05, 0) is 38.3 Å². The average molecular weight is 182 g/mol. The SMILES string of the molecule is C=NC(C)(C)c1cccc(Cl)c1. The van der Waals surface area contributed by atoms with Crippen LogP contribution in [0.4, 0.5) is 0 Å². The van der Waals surface area contributed by atoms with Crippen LogP contribution in [0.15, 0.2) is 29.3 Å². The molecule has 0 heterocycles. The number of nitrogens with zero attached hydrogens (tertiary/aromatic N) is 1. The van der Waals surface area contributed by atoms with E-state index in [1.54, 1.807) is 0 Å². The van der Waals surface area contributed by atoms with Gasteiger partial charge in [-0.2, -0.15) is 0 Å². The second kappa shape index (κ2) is 3.28. The summed E-state index contributed by atoms with van der Waals surface area (Å²) in [6.07, 6.45) is 0. The topological polar surface area (TPSA) is 12.4 Å². The van der Waals surface area contributed by atoms with Crippen LogP contribution in [0.3, 0.4) is 0 Å². The molecule has 1 rings (SSSR count). The van der Waals surface area contributed by atoms with E-state index in [-0.39, 0.29) is 5.54 Å². The molecule has 0 spiro atoms. The Balaban J connectivity index is 3.11. The summed E-state index contributed by atoms with van der Waals surface area (Å²) in [6, 6.07) is 7.69. The predicted octanol–water partition coefficient (Wildman–Crippen LogP) is 3.28. The van der Waals surface area contributed by atoms with Crippen molar-refractivity contribution < 1.29 is 0 Å². The van der Waals surface area contributed by atoms with Crippen molar-refractivity contribution >= 4 is 18.3 Å². The molecule has 0 saturated carbocycles. The Morgan fingerprint density at radius 2 is 2.08 bits per heavy atom. The van der Waals surface area contributed by atoms with Crippen molar-refractivity contribution in [3.8, 4) is 0 Å². The summed E-state index contributed by atoms with van der Waals surface area (Å²) < 4.78 is 0. The summed E-state index contributed by atoms with van der Waals surface area (Å²) in [7, 11) is 0. The third-order valence-electron chi connectivity index (χ3n) is 1.93. The lowest BCUT2D eigenvalue weighted by atomic mass is 9.95. The molecule has 0 atom stereocenters. The van der Waals surface area contributed by atoms with E-state index in [2.05, 4.69) is 11.7 Å². The Hall–Kier alpha value is -0.820. The minimum Gasteiger partial charge on any atom is -0.290 e. The summed E-state index contributed by atoms with van der Waals surface area (Å²) in [4.78, 5) is 4.02. The summed E-state index contributed by atoms with van der Waals surface area (Å²) in [5, 5.41) is 0.740. The van der Waals surface area contributed by atoms with Gasteiger partial charge in [0.2, 0.25) is 0 Å². The quantitative estimate of drug-likeness (QED) is 0.621. The Morgan fingerprint density at radius 3 is 2.58 bits per heavy atom. The fourth-order valence-corrected chi connectivity index (χ4v) is 1.15. The van der Waals surface area contributed by atoms with Crippen molar-refractivity contribution in [2.45, 2.75) is 19.4 Å². The molecule has 12 heavy (non-hydrogen) atoms. The maximum absolute atomic E-state index is 5.85. The van der Waals surface area contributed by atoms with Crippen molar-refractivity contribution in [1.29, 1.82) is 0 Å². The highest BCUT2D eigenvalue weighted by Gasteiger charge is 2.16. The predicted molar refractivity (Wildman–Crippen MR) is 54.0 cm³/mol. The lowest BCUT2D eigenvalue weighted by Crippen LogP contribution is -2.12. The van der Waals surface area contributed by atoms with Gasteiger partial charge < -0.3 is 0 Å². The van der Waals surface area contributed by atoms with Gasteiger partial charge in [0.1, 0.15) is 0 Å². The van der Waals surface area contributed by atoms with Crippen LogP contribution in [0.2, 0.25) is 5.02 Å². The zero-order chi connectivity index (χ0) is 9.19. The van der Waals surface area contributed by atoms with Gasteiger partial charge in [0.15, 0.2) is 0 Å². The van der Waals surface area contributed by atoms with Gasteiger partial charge in [-0.25, -0.2) is 0 Å². The first-order chi connectivity index (χ1) is 5.56. The minimum absolute atomic E-state index is 0.245. The maximum atomic E-state index is 5.85. The molecule has 0 amide bonds. The van der Waals surface area contributed by atoms with Gasteiger partial charge in [-0.1, -0.05) is 23.7 Å². The first-order valence-electron chi connectivity index (χ1n) is 3.80. The number of halogens is 1. The van der Waals surface area contributed by atoms with Crippen molar-refractivity contribution in [3.05, 3.63) is 34.9 Å². The van der Waals surface area contributed by atoms with Crippen LogP contribution in [-0.2, 0) is 5.54 Å². The van der Waals surface area contributed by atoms with Gasteiger partial charge in [-0.3, -0.25) is 4.99 Å². The molecule has 64 valence electrons. The number of hydrogen-bond donors (Lipinski definition) is 0. The molecule has 0 N–H and O–H groups in total. The standard InChI is InChI=1S/C10H12ClN/c1-10(2,12-3)8-5-4-6-9(11)7-8/h4-7H,3H2,1-2H3. The Morgan fingerprint density at radius 1 is 1.42 bits per heavy atom. The van der Waals surface area contributed by atoms with E-state index in [4.69, 9.17) is 11.6 Å². The Labute approximate surface area is 78.1 Å². The van der Waals surface area contributed by atoms with E-state index in [0.29, 0.717) is 0 Å². The van der Waals surface area contributed by atoms with Crippen LogP contribution in [0.1, 0.15) is 19.4 Å². The first-order valence-corrected chi connectivity index (χ1v) is 4.18. The number of hydrogen-bond acceptors (Lipinski definition) is 1. The molecule has 0 aliphatic heterocycles. The van der Waals surface area contributed by atoms with Crippen molar-refractivity contribution in [2.24, 2.45) is 4.99 Å². The Bertz CT molecular complexity index is 292. The average Bonchev–Trinajstić information content (AvgIpc) is 2.05. The highest BCUT2D eigenvalue weighted by Crippen LogP contribution is 2.25. The molecule has 0 aromatic heterocycles. The van der Waals surface area contributed by atoms with Gasteiger partial charge in [0.25, 0.3) is 0 Å². The lowest BCUT2D eigenvalue weighted by molar-refractivity contribution is 0.563. The molecular formula is C10H12ClN. The molecule has 0 bridgehead atoms. The van der Waals surface area contributed by atoms with E-state index < -0.39 is 0 Å². The van der Waals surface area contributed by atoms with Crippen LogP contribution < -0.4 is 0 Å². The van der Waals surface area contributed by atoms with E-state index in [1.807, 2.05) is 38.1 Å². The molecular weight excluding hydrogens is 170 g/mol. The van der Waals surface area contributed by atoms with E-state index in [0.717, 1.165) is 10.6 Å². The number of benzene rings is 1. The lowest BCUT2D eigenvalue weighted by Gasteiger charge is -2.19. The normalized spacial score (nSPS) is 11.2. The van der Waals surface area contributed by atoms with Crippen LogP contribution in [0, 0.1) is 0 Å². The van der Waals surface area contributed by atoms with Gasteiger partial charge in [0.05, 0.1) is 5.54 Å². The zero-order valence-electron chi connectivity index (χ0n) is 7.34. The monoisotopic (exact) mass is 181 g/mol. The molecule has 1 aromatic rings. The number of aliphatic imine (C=N–C) groups is 1. The maximum Gasteiger partial charge on any atom is 0.0793 e. The molecule has 0 fully saturated rings. The van der Waals surface area contributed by atoms with Gasteiger partial charge in [-0.15, -0.1) is 0 Å². The summed E-state index contributed by atoms with van der Waals surface area (Å²) in [5.41, 5.74) is 0.843. The molecule has 0 aliphatic rings. The second-order valence-electron chi connectivity index (χ2n) is 3.23. The van der Waals surface area contributed by atoms with Crippen molar-refractivity contribution in [3.63, 3.8) is 0 Å². The van der Waals surface area contributed by atoms with E-state index in [1.165, 1.54) is 0 Å². The third-order valence-corrected chi connectivity index (χ3v) is 2.16. The van der Waals surface area contributed by atoms with Crippen LogP contribution in [0.5, 0.6) is 0 Å². The van der Waals surface area contributed by atoms with Crippen LogP contribution in [0.25, 0.3) is 0 Å². The first kappa shape index (κ1) is 9.27. The molecule has 2 heteroatoms. The van der Waals surface area contributed by atoms with Gasteiger partial charge >= 0.3 is 0 Å². The Kier molecular flexibility index (Phi) is 2.53. The third kappa shape index (κ3) is 1.86.